The van der Waals surface area contributed by atoms with Crippen molar-refractivity contribution in [2.75, 3.05) is 0 Å². The number of allylic oxidation sites excluding steroid dienone is 13. The molecule has 0 atom stereocenters. The SMILES string of the molecule is C=C/C=C\c1c(C)c2c(n1-c1ccc(C(C)(C)C3=CCC=C(C(C)(C)c4ccc(-n5c(/C=C\C=C)c(C)c6ccccc65)cc4)C=C3)cc1)C=CC=CC2. The molecule has 7 rings (SSSR count). The molecule has 0 bridgehead atoms. The van der Waals surface area contributed by atoms with E-state index in [0.29, 0.717) is 0 Å². The third kappa shape index (κ3) is 6.51. The third-order valence-electron chi connectivity index (χ3n) is 11.7. The highest BCUT2D eigenvalue weighted by Gasteiger charge is 2.29. The molecule has 2 heterocycles. The molecule has 0 fully saturated rings. The summed E-state index contributed by atoms with van der Waals surface area (Å²) in [7, 11) is 0. The molecule has 2 aromatic heterocycles. The summed E-state index contributed by atoms with van der Waals surface area (Å²) in [5.74, 6) is 0. The Morgan fingerprint density at radius 3 is 1.72 bits per heavy atom. The van der Waals surface area contributed by atoms with Gasteiger partial charge in [-0.15, -0.1) is 0 Å². The molecule has 5 aromatic rings. The summed E-state index contributed by atoms with van der Waals surface area (Å²) in [6.45, 7) is 21.6. The number of nitrogens with zero attached hydrogens (tertiary/aromatic N) is 2. The number of hydrogen-bond donors (Lipinski definition) is 0. The average molecular weight is 705 g/mol. The van der Waals surface area contributed by atoms with Crippen LogP contribution in [0, 0.1) is 13.8 Å². The van der Waals surface area contributed by atoms with Crippen LogP contribution in [-0.4, -0.2) is 9.13 Å². The largest absolute Gasteiger partial charge is 0.310 e. The second kappa shape index (κ2) is 14.9. The molecule has 0 amide bonds. The van der Waals surface area contributed by atoms with E-state index >= 15 is 0 Å². The van der Waals surface area contributed by atoms with Crippen LogP contribution < -0.4 is 0 Å². The molecule has 270 valence electrons. The van der Waals surface area contributed by atoms with Gasteiger partial charge in [0, 0.05) is 44.7 Å². The van der Waals surface area contributed by atoms with Crippen molar-refractivity contribution in [3.63, 3.8) is 0 Å². The second-order valence-corrected chi connectivity index (χ2v) is 15.5. The minimum Gasteiger partial charge on any atom is -0.310 e. The highest BCUT2D eigenvalue weighted by molar-refractivity contribution is 5.90. The summed E-state index contributed by atoms with van der Waals surface area (Å²) < 4.78 is 4.75. The Balaban J connectivity index is 1.14. The van der Waals surface area contributed by atoms with E-state index < -0.39 is 0 Å². The fourth-order valence-corrected chi connectivity index (χ4v) is 8.26. The molecule has 0 unspecified atom stereocenters. The third-order valence-corrected chi connectivity index (χ3v) is 11.7. The van der Waals surface area contributed by atoms with Crippen LogP contribution in [0.15, 0.2) is 164 Å². The molecule has 0 radical (unpaired) electrons. The number of aromatic nitrogens is 2. The lowest BCUT2D eigenvalue weighted by Crippen LogP contribution is -2.20. The maximum absolute atomic E-state index is 3.92. The molecule has 0 saturated heterocycles. The van der Waals surface area contributed by atoms with E-state index in [1.807, 2.05) is 24.3 Å². The summed E-state index contributed by atoms with van der Waals surface area (Å²) in [4.78, 5) is 0. The summed E-state index contributed by atoms with van der Waals surface area (Å²) in [6.07, 6.45) is 32.2. The quantitative estimate of drug-likeness (QED) is 0.128. The van der Waals surface area contributed by atoms with Crippen molar-refractivity contribution in [1.29, 1.82) is 0 Å². The normalized spacial score (nSPS) is 14.7. The molecule has 0 saturated carbocycles. The number of para-hydroxylation sites is 1. The summed E-state index contributed by atoms with van der Waals surface area (Å²) >= 11 is 0. The van der Waals surface area contributed by atoms with Crippen LogP contribution in [-0.2, 0) is 17.3 Å². The lowest BCUT2D eigenvalue weighted by molar-refractivity contribution is 0.633. The van der Waals surface area contributed by atoms with E-state index in [1.54, 1.807) is 0 Å². The van der Waals surface area contributed by atoms with Gasteiger partial charge in [-0.3, -0.25) is 0 Å². The average Bonchev–Trinajstić information content (AvgIpc) is 3.38. The van der Waals surface area contributed by atoms with E-state index in [-0.39, 0.29) is 10.8 Å². The minimum absolute atomic E-state index is 0.168. The minimum atomic E-state index is -0.168. The smallest absolute Gasteiger partial charge is 0.0537 e. The van der Waals surface area contributed by atoms with Crippen LogP contribution in [0.4, 0.5) is 0 Å². The summed E-state index contributed by atoms with van der Waals surface area (Å²) in [5, 5.41) is 1.27. The van der Waals surface area contributed by atoms with Crippen molar-refractivity contribution in [1.82, 2.24) is 9.13 Å². The van der Waals surface area contributed by atoms with Gasteiger partial charge in [0.1, 0.15) is 0 Å². The first-order chi connectivity index (χ1) is 26.1. The van der Waals surface area contributed by atoms with Crippen LogP contribution >= 0.6 is 0 Å². The van der Waals surface area contributed by atoms with Crippen molar-refractivity contribution >= 4 is 29.1 Å². The molecule has 2 aliphatic rings. The van der Waals surface area contributed by atoms with Crippen molar-refractivity contribution in [3.05, 3.63) is 209 Å². The molecule has 0 spiro atoms. The van der Waals surface area contributed by atoms with Gasteiger partial charge in [0.15, 0.2) is 0 Å². The van der Waals surface area contributed by atoms with Gasteiger partial charge in [-0.05, 0) is 114 Å². The van der Waals surface area contributed by atoms with Gasteiger partial charge >= 0.3 is 0 Å². The Morgan fingerprint density at radius 1 is 0.611 bits per heavy atom. The first kappa shape index (κ1) is 36.5. The Kier molecular flexibility index (Phi) is 10.1. The molecule has 2 heteroatoms. The van der Waals surface area contributed by atoms with Gasteiger partial charge < -0.3 is 9.13 Å². The second-order valence-electron chi connectivity index (χ2n) is 15.5. The van der Waals surface area contributed by atoms with Gasteiger partial charge in [-0.1, -0.05) is 150 Å². The molecule has 3 aromatic carbocycles. The lowest BCUT2D eigenvalue weighted by atomic mass is 9.75. The predicted octanol–water partition coefficient (Wildman–Crippen LogP) is 13.6. The van der Waals surface area contributed by atoms with Gasteiger partial charge in [0.25, 0.3) is 0 Å². The molecular weight excluding hydrogens is 653 g/mol. The zero-order chi connectivity index (χ0) is 38.0. The van der Waals surface area contributed by atoms with Gasteiger partial charge in [-0.2, -0.15) is 0 Å². The fraction of sp³-hybridized carbons (Fsp3) is 0.192. The van der Waals surface area contributed by atoms with Gasteiger partial charge in [0.2, 0.25) is 0 Å². The van der Waals surface area contributed by atoms with Gasteiger partial charge in [0.05, 0.1) is 5.52 Å². The Bertz CT molecular complexity index is 2450. The highest BCUT2D eigenvalue weighted by Crippen LogP contribution is 2.40. The molecule has 0 aliphatic heterocycles. The summed E-state index contributed by atoms with van der Waals surface area (Å²) in [6, 6.07) is 27.0. The van der Waals surface area contributed by atoms with E-state index in [0.717, 1.165) is 18.5 Å². The Labute approximate surface area is 322 Å². The van der Waals surface area contributed by atoms with Crippen LogP contribution in [0.5, 0.6) is 0 Å². The number of fused-ring (bicyclic) bond motifs is 2. The number of aryl methyl sites for hydroxylation is 1. The van der Waals surface area contributed by atoms with Crippen molar-refractivity contribution in [2.45, 2.75) is 65.2 Å². The zero-order valence-corrected chi connectivity index (χ0v) is 32.7. The van der Waals surface area contributed by atoms with Crippen molar-refractivity contribution in [2.24, 2.45) is 0 Å². The van der Waals surface area contributed by atoms with E-state index in [4.69, 9.17) is 0 Å². The van der Waals surface area contributed by atoms with E-state index in [2.05, 4.69) is 197 Å². The van der Waals surface area contributed by atoms with Crippen LogP contribution in [0.3, 0.4) is 0 Å². The topological polar surface area (TPSA) is 9.86 Å². The maximum Gasteiger partial charge on any atom is 0.0537 e. The molecular formula is C52H52N2. The molecule has 2 nitrogen and oxygen atoms in total. The summed E-state index contributed by atoms with van der Waals surface area (Å²) in [5.41, 5.74) is 16.1. The molecule has 2 aliphatic carbocycles. The maximum atomic E-state index is 3.92. The Morgan fingerprint density at radius 2 is 1.15 bits per heavy atom. The first-order valence-corrected chi connectivity index (χ1v) is 19.1. The zero-order valence-electron chi connectivity index (χ0n) is 32.7. The van der Waals surface area contributed by atoms with Crippen molar-refractivity contribution < 1.29 is 0 Å². The predicted molar refractivity (Wildman–Crippen MR) is 235 cm³/mol. The standard InChI is InChI=1S/C52H52N2/c1-9-11-23-47-37(3)45-21-14-13-15-25-49(45)53(47)43-33-29-41(30-34-43)51(5,6)39-19-18-20-40(28-27-39)52(7,8)42-31-35-44(36-32-42)54-48(24-12-10-2)38(4)46-22-16-17-26-50(46)54/h9-17,19-20,22-36H,1-2,18,21H2,3-8H3/b23-11-,24-12-. The molecule has 54 heavy (non-hydrogen) atoms. The van der Waals surface area contributed by atoms with Crippen LogP contribution in [0.1, 0.15) is 79.0 Å². The lowest BCUT2D eigenvalue weighted by Gasteiger charge is -2.29. The number of benzene rings is 3. The highest BCUT2D eigenvalue weighted by atomic mass is 15.0. The van der Waals surface area contributed by atoms with Crippen LogP contribution in [0.25, 0.3) is 40.5 Å². The molecule has 0 N–H and O–H groups in total. The Hall–Kier alpha value is -5.86. The van der Waals surface area contributed by atoms with Crippen molar-refractivity contribution in [3.8, 4) is 11.4 Å². The van der Waals surface area contributed by atoms with Crippen LogP contribution in [0.2, 0.25) is 0 Å². The fourth-order valence-electron chi connectivity index (χ4n) is 8.26. The van der Waals surface area contributed by atoms with Gasteiger partial charge in [-0.25, -0.2) is 0 Å². The first-order valence-electron chi connectivity index (χ1n) is 19.1. The van der Waals surface area contributed by atoms with E-state index in [1.165, 1.54) is 72.6 Å². The number of hydrogen-bond acceptors (Lipinski definition) is 0. The monoisotopic (exact) mass is 704 g/mol. The number of rotatable bonds is 10. The van der Waals surface area contributed by atoms with E-state index in [9.17, 15) is 0 Å².